The van der Waals surface area contributed by atoms with Crippen LogP contribution in [-0.4, -0.2) is 29.3 Å². The summed E-state index contributed by atoms with van der Waals surface area (Å²) in [7, 11) is 0. The lowest BCUT2D eigenvalue weighted by Gasteiger charge is -2.27. The fraction of sp³-hybridized carbons (Fsp3) is 0.733. The molecule has 0 aromatic rings. The average Bonchev–Trinajstić information content (AvgIpc) is 2.81. The number of carbonyl (C=O) groups is 2. The van der Waals surface area contributed by atoms with Crippen molar-refractivity contribution in [3.63, 3.8) is 0 Å². The van der Waals surface area contributed by atoms with Gasteiger partial charge in [-0.1, -0.05) is 18.6 Å². The SMILES string of the molecule is CCOC(=O)C1(C(C/C=C(/C)CC)[N+](=O)[O-])CCCC1=O. The molecule has 2 atom stereocenters. The lowest BCUT2D eigenvalue weighted by Crippen LogP contribution is -2.50. The second-order valence-corrected chi connectivity index (χ2v) is 5.41. The second kappa shape index (κ2) is 7.33. The highest BCUT2D eigenvalue weighted by molar-refractivity contribution is 6.06. The van der Waals surface area contributed by atoms with Gasteiger partial charge in [-0.05, 0) is 33.1 Å². The highest BCUT2D eigenvalue weighted by Crippen LogP contribution is 2.42. The number of nitro groups is 1. The molecule has 1 saturated carbocycles. The Balaban J connectivity index is 3.17. The molecule has 1 aliphatic carbocycles. The van der Waals surface area contributed by atoms with Crippen LogP contribution in [0.4, 0.5) is 0 Å². The van der Waals surface area contributed by atoms with Crippen molar-refractivity contribution in [1.29, 1.82) is 0 Å². The van der Waals surface area contributed by atoms with Gasteiger partial charge in [0.05, 0.1) is 6.61 Å². The Labute approximate surface area is 124 Å². The molecular formula is C15H23NO5. The van der Waals surface area contributed by atoms with Crippen LogP contribution in [-0.2, 0) is 14.3 Å². The Hall–Kier alpha value is -1.72. The number of nitrogens with zero attached hydrogens (tertiary/aromatic N) is 1. The summed E-state index contributed by atoms with van der Waals surface area (Å²) < 4.78 is 4.98. The molecule has 118 valence electrons. The molecule has 0 heterocycles. The lowest BCUT2D eigenvalue weighted by molar-refractivity contribution is -0.534. The van der Waals surface area contributed by atoms with E-state index in [1.807, 2.05) is 13.8 Å². The molecule has 0 radical (unpaired) electrons. The first-order valence-corrected chi connectivity index (χ1v) is 7.39. The van der Waals surface area contributed by atoms with Gasteiger partial charge in [-0.3, -0.25) is 19.7 Å². The summed E-state index contributed by atoms with van der Waals surface area (Å²) in [5.41, 5.74) is -0.601. The molecule has 1 rings (SSSR count). The maximum absolute atomic E-state index is 12.3. The molecule has 6 nitrogen and oxygen atoms in total. The van der Waals surface area contributed by atoms with Crippen molar-refractivity contribution in [1.82, 2.24) is 0 Å². The molecular weight excluding hydrogens is 274 g/mol. The first-order valence-electron chi connectivity index (χ1n) is 7.39. The van der Waals surface area contributed by atoms with Crippen LogP contribution in [0.2, 0.25) is 0 Å². The number of ether oxygens (including phenoxy) is 1. The topological polar surface area (TPSA) is 86.5 Å². The average molecular weight is 297 g/mol. The van der Waals surface area contributed by atoms with E-state index in [-0.39, 0.29) is 31.7 Å². The Morgan fingerprint density at radius 3 is 2.62 bits per heavy atom. The van der Waals surface area contributed by atoms with E-state index in [9.17, 15) is 19.7 Å². The zero-order chi connectivity index (χ0) is 16.0. The van der Waals surface area contributed by atoms with Crippen LogP contribution >= 0.6 is 0 Å². The minimum Gasteiger partial charge on any atom is -0.465 e. The summed E-state index contributed by atoms with van der Waals surface area (Å²) in [4.78, 5) is 35.5. The van der Waals surface area contributed by atoms with Crippen LogP contribution in [0, 0.1) is 15.5 Å². The summed E-state index contributed by atoms with van der Waals surface area (Å²) in [6.45, 7) is 5.58. The number of esters is 1. The zero-order valence-corrected chi connectivity index (χ0v) is 12.9. The summed E-state index contributed by atoms with van der Waals surface area (Å²) in [5.74, 6) is -1.10. The Bertz CT molecular complexity index is 457. The van der Waals surface area contributed by atoms with E-state index in [0.717, 1.165) is 12.0 Å². The van der Waals surface area contributed by atoms with Crippen molar-refractivity contribution in [2.24, 2.45) is 5.41 Å². The van der Waals surface area contributed by atoms with Crippen molar-refractivity contribution in [3.8, 4) is 0 Å². The summed E-state index contributed by atoms with van der Waals surface area (Å²) in [6, 6.07) is -1.24. The van der Waals surface area contributed by atoms with Gasteiger partial charge in [0.2, 0.25) is 6.04 Å². The van der Waals surface area contributed by atoms with E-state index in [4.69, 9.17) is 4.74 Å². The summed E-state index contributed by atoms with van der Waals surface area (Å²) in [6.07, 6.45) is 3.52. The minimum absolute atomic E-state index is 0.0806. The molecule has 21 heavy (non-hydrogen) atoms. The Kier molecular flexibility index (Phi) is 6.05. The monoisotopic (exact) mass is 297 g/mol. The Morgan fingerprint density at radius 1 is 1.52 bits per heavy atom. The molecule has 1 aliphatic rings. The first kappa shape index (κ1) is 17.3. The van der Waals surface area contributed by atoms with Crippen molar-refractivity contribution in [3.05, 3.63) is 21.8 Å². The third-order valence-electron chi connectivity index (χ3n) is 4.18. The van der Waals surface area contributed by atoms with Gasteiger partial charge in [0.15, 0.2) is 11.2 Å². The standard InChI is InChI=1S/C15H23NO5/c1-4-11(3)8-9-12(16(19)20)15(14(18)21-5-2)10-6-7-13(15)17/h8,12H,4-7,9-10H2,1-3H3/b11-8-. The number of ketones is 1. The number of carbonyl (C=O) groups excluding carboxylic acids is 2. The summed E-state index contributed by atoms with van der Waals surface area (Å²) >= 11 is 0. The normalized spacial score (nSPS) is 24.0. The molecule has 2 unspecified atom stereocenters. The van der Waals surface area contributed by atoms with E-state index in [1.165, 1.54) is 0 Å². The highest BCUT2D eigenvalue weighted by Gasteiger charge is 2.60. The smallest absolute Gasteiger partial charge is 0.326 e. The van der Waals surface area contributed by atoms with Crippen molar-refractivity contribution >= 4 is 11.8 Å². The number of Topliss-reactive ketones (excluding diaryl/α,β-unsaturated/α-hetero) is 1. The highest BCUT2D eigenvalue weighted by atomic mass is 16.6. The molecule has 0 aromatic heterocycles. The van der Waals surface area contributed by atoms with Gasteiger partial charge in [0, 0.05) is 17.8 Å². The van der Waals surface area contributed by atoms with Crippen molar-refractivity contribution in [2.75, 3.05) is 6.61 Å². The minimum atomic E-state index is -1.61. The molecule has 0 amide bonds. The predicted molar refractivity (Wildman–Crippen MR) is 77.4 cm³/mol. The van der Waals surface area contributed by atoms with Crippen LogP contribution in [0.25, 0.3) is 0 Å². The number of allylic oxidation sites excluding steroid dienone is 1. The van der Waals surface area contributed by atoms with Crippen LogP contribution < -0.4 is 0 Å². The fourth-order valence-corrected chi connectivity index (χ4v) is 2.78. The zero-order valence-electron chi connectivity index (χ0n) is 12.9. The van der Waals surface area contributed by atoms with Crippen LogP contribution in [0.1, 0.15) is 52.9 Å². The van der Waals surface area contributed by atoms with Gasteiger partial charge in [-0.25, -0.2) is 0 Å². The molecule has 0 aliphatic heterocycles. The van der Waals surface area contributed by atoms with Crippen molar-refractivity contribution < 1.29 is 19.2 Å². The largest absolute Gasteiger partial charge is 0.465 e. The molecule has 6 heteroatoms. The van der Waals surface area contributed by atoms with E-state index in [1.54, 1.807) is 13.0 Å². The molecule has 0 bridgehead atoms. The third-order valence-corrected chi connectivity index (χ3v) is 4.18. The van der Waals surface area contributed by atoms with E-state index < -0.39 is 22.3 Å². The molecule has 1 fully saturated rings. The van der Waals surface area contributed by atoms with Crippen LogP contribution in [0.15, 0.2) is 11.6 Å². The van der Waals surface area contributed by atoms with E-state index in [2.05, 4.69) is 0 Å². The molecule has 0 saturated heterocycles. The Morgan fingerprint density at radius 2 is 2.19 bits per heavy atom. The quantitative estimate of drug-likeness (QED) is 0.237. The third kappa shape index (κ3) is 3.49. The van der Waals surface area contributed by atoms with Crippen LogP contribution in [0.5, 0.6) is 0 Å². The number of hydrogen-bond donors (Lipinski definition) is 0. The lowest BCUT2D eigenvalue weighted by atomic mass is 9.76. The molecule has 0 aromatic carbocycles. The number of hydrogen-bond acceptors (Lipinski definition) is 5. The fourth-order valence-electron chi connectivity index (χ4n) is 2.78. The first-order chi connectivity index (χ1) is 9.90. The van der Waals surface area contributed by atoms with Gasteiger partial charge in [-0.15, -0.1) is 0 Å². The van der Waals surface area contributed by atoms with Gasteiger partial charge in [0.25, 0.3) is 0 Å². The second-order valence-electron chi connectivity index (χ2n) is 5.41. The van der Waals surface area contributed by atoms with E-state index >= 15 is 0 Å². The van der Waals surface area contributed by atoms with E-state index in [0.29, 0.717) is 6.42 Å². The van der Waals surface area contributed by atoms with Gasteiger partial charge in [-0.2, -0.15) is 0 Å². The van der Waals surface area contributed by atoms with Gasteiger partial charge in [0.1, 0.15) is 0 Å². The molecule has 0 N–H and O–H groups in total. The van der Waals surface area contributed by atoms with Gasteiger partial charge >= 0.3 is 5.97 Å². The predicted octanol–water partition coefficient (Wildman–Crippen LogP) is 2.68. The summed E-state index contributed by atoms with van der Waals surface area (Å²) in [5, 5.41) is 11.5. The van der Waals surface area contributed by atoms with Crippen molar-refractivity contribution in [2.45, 2.75) is 58.9 Å². The number of rotatable bonds is 7. The van der Waals surface area contributed by atoms with Crippen LogP contribution in [0.3, 0.4) is 0 Å². The molecule has 0 spiro atoms. The van der Waals surface area contributed by atoms with Gasteiger partial charge < -0.3 is 4.74 Å². The maximum atomic E-state index is 12.3. The maximum Gasteiger partial charge on any atom is 0.326 e.